The number of carbonyl (C=O) groups is 1. The maximum atomic E-state index is 13.0. The molecule has 0 saturated heterocycles. The predicted octanol–water partition coefficient (Wildman–Crippen LogP) is 4.23. The van der Waals surface area contributed by atoms with Crippen LogP contribution in [0.4, 0.5) is 10.5 Å². The van der Waals surface area contributed by atoms with Crippen molar-refractivity contribution in [1.82, 2.24) is 4.98 Å². The summed E-state index contributed by atoms with van der Waals surface area (Å²) in [7, 11) is -3.41. The van der Waals surface area contributed by atoms with E-state index in [0.717, 1.165) is 78.1 Å². The summed E-state index contributed by atoms with van der Waals surface area (Å²) in [4.78, 5) is 17.7. The fraction of sp³-hybridized carbons (Fsp3) is 0.524. The van der Waals surface area contributed by atoms with E-state index >= 15 is 0 Å². The molecule has 0 aromatic carbocycles. The van der Waals surface area contributed by atoms with Gasteiger partial charge in [-0.2, -0.15) is 0 Å². The lowest BCUT2D eigenvalue weighted by molar-refractivity contribution is 0.0789. The third-order valence-electron chi connectivity index (χ3n) is 5.68. The molecule has 0 bridgehead atoms. The summed E-state index contributed by atoms with van der Waals surface area (Å²) in [5.74, 6) is 0.419. The lowest BCUT2D eigenvalue weighted by atomic mass is 9.99. The van der Waals surface area contributed by atoms with Crippen molar-refractivity contribution in [3.63, 3.8) is 0 Å². The topological polar surface area (TPSA) is 118 Å². The van der Waals surface area contributed by atoms with Crippen molar-refractivity contribution >= 4 is 33.0 Å². The number of nitrogens with one attached hydrogen (secondary N) is 1. The fourth-order valence-electron chi connectivity index (χ4n) is 3.96. The third-order valence-corrected chi connectivity index (χ3v) is 8.54. The zero-order valence-corrected chi connectivity index (χ0v) is 19.2. The quantitative estimate of drug-likeness (QED) is 0.634. The highest BCUT2D eigenvalue weighted by Crippen LogP contribution is 2.47. The van der Waals surface area contributed by atoms with Gasteiger partial charge in [0.25, 0.3) is 0 Å². The number of nitrogens with two attached hydrogens (primary N) is 1. The summed E-state index contributed by atoms with van der Waals surface area (Å²) in [6, 6.07) is 0.851. The standard InChI is InChI=1S/C21H28N4O3S2/c1-4-15-18(12-8-9-12)19(14-6-5-7-16(14)23-15)24-20(26)25-30(22,28)17-10-13(11-29-17)21(2,3)27/h10-12,27H,4-9H2,1-3H3,(H3,22,23,24,25,26,28). The van der Waals surface area contributed by atoms with Crippen LogP contribution in [0.3, 0.4) is 0 Å². The zero-order chi connectivity index (χ0) is 21.7. The Labute approximate surface area is 181 Å². The number of carbonyl (C=O) groups excluding carboxylic acids is 1. The van der Waals surface area contributed by atoms with Crippen LogP contribution in [-0.4, -0.2) is 20.3 Å². The second kappa shape index (κ2) is 7.71. The van der Waals surface area contributed by atoms with Crippen LogP contribution in [0.1, 0.15) is 74.0 Å². The minimum Gasteiger partial charge on any atom is -0.386 e. The number of aliphatic hydroxyl groups is 1. The van der Waals surface area contributed by atoms with Crippen LogP contribution in [0, 0.1) is 0 Å². The van der Waals surface area contributed by atoms with Gasteiger partial charge >= 0.3 is 6.03 Å². The van der Waals surface area contributed by atoms with Gasteiger partial charge in [-0.3, -0.25) is 4.98 Å². The van der Waals surface area contributed by atoms with E-state index in [4.69, 9.17) is 10.1 Å². The molecule has 1 atom stereocenters. The average Bonchev–Trinajstić information content (AvgIpc) is 3.16. The van der Waals surface area contributed by atoms with Gasteiger partial charge in [0, 0.05) is 17.0 Å². The Kier molecular flexibility index (Phi) is 5.50. The minimum absolute atomic E-state index is 0.270. The maximum absolute atomic E-state index is 13.0. The summed E-state index contributed by atoms with van der Waals surface area (Å²) in [5.41, 5.74) is 4.60. The molecule has 4 N–H and O–H groups in total. The predicted molar refractivity (Wildman–Crippen MR) is 119 cm³/mol. The van der Waals surface area contributed by atoms with Gasteiger partial charge in [0.15, 0.2) is 9.92 Å². The molecule has 2 heterocycles. The molecule has 0 radical (unpaired) electrons. The molecule has 1 unspecified atom stereocenters. The van der Waals surface area contributed by atoms with Crippen LogP contribution in [0.15, 0.2) is 20.0 Å². The fourth-order valence-corrected chi connectivity index (χ4v) is 6.24. The summed E-state index contributed by atoms with van der Waals surface area (Å²) in [6.45, 7) is 5.35. The van der Waals surface area contributed by atoms with Gasteiger partial charge in [-0.25, -0.2) is 14.1 Å². The van der Waals surface area contributed by atoms with E-state index in [9.17, 15) is 14.1 Å². The third kappa shape index (κ3) is 4.16. The first-order valence-corrected chi connectivity index (χ1v) is 12.8. The molecule has 4 rings (SSSR count). The number of nitrogens with zero attached hydrogens (tertiary/aromatic N) is 2. The molecule has 9 heteroatoms. The molecule has 1 saturated carbocycles. The Morgan fingerprint density at radius 2 is 2.17 bits per heavy atom. The van der Waals surface area contributed by atoms with Crippen LogP contribution < -0.4 is 10.5 Å². The van der Waals surface area contributed by atoms with E-state index in [2.05, 4.69) is 16.6 Å². The Morgan fingerprint density at radius 3 is 2.77 bits per heavy atom. The van der Waals surface area contributed by atoms with E-state index in [1.807, 2.05) is 0 Å². The number of urea groups is 1. The molecule has 162 valence electrons. The Balaban J connectivity index is 1.68. The molecule has 0 aliphatic heterocycles. The number of anilines is 1. The van der Waals surface area contributed by atoms with E-state index < -0.39 is 21.5 Å². The van der Waals surface area contributed by atoms with Crippen LogP contribution in [0.2, 0.25) is 0 Å². The van der Waals surface area contributed by atoms with Crippen LogP contribution in [0.5, 0.6) is 0 Å². The number of amides is 2. The van der Waals surface area contributed by atoms with Gasteiger partial charge in [-0.05, 0) is 80.9 Å². The van der Waals surface area contributed by atoms with Crippen LogP contribution in [0.25, 0.3) is 0 Å². The molecule has 2 aromatic rings. The SMILES string of the molecule is CCc1nc2c(c(NC(=O)N=S(N)(=O)c3cc(C(C)(C)O)cs3)c1C1CC1)CCC2. The van der Waals surface area contributed by atoms with E-state index in [1.54, 1.807) is 25.3 Å². The highest BCUT2D eigenvalue weighted by atomic mass is 32.2. The van der Waals surface area contributed by atoms with Crippen LogP contribution >= 0.6 is 11.3 Å². The number of pyridine rings is 1. The molecule has 2 aromatic heterocycles. The molecular formula is C21H28N4O3S2. The molecule has 2 aliphatic carbocycles. The van der Waals surface area contributed by atoms with Gasteiger partial charge in [-0.15, -0.1) is 15.7 Å². The van der Waals surface area contributed by atoms with Gasteiger partial charge < -0.3 is 10.4 Å². The van der Waals surface area contributed by atoms with Crippen molar-refractivity contribution < 1.29 is 14.1 Å². The molecule has 7 nitrogen and oxygen atoms in total. The van der Waals surface area contributed by atoms with Crippen molar-refractivity contribution in [2.24, 2.45) is 9.50 Å². The number of thiophene rings is 1. The van der Waals surface area contributed by atoms with E-state index in [-0.39, 0.29) is 4.21 Å². The van der Waals surface area contributed by atoms with Gasteiger partial charge in [0.2, 0.25) is 0 Å². The van der Waals surface area contributed by atoms with Crippen molar-refractivity contribution in [2.45, 2.75) is 75.0 Å². The van der Waals surface area contributed by atoms with E-state index in [0.29, 0.717) is 11.5 Å². The van der Waals surface area contributed by atoms with Gasteiger partial charge in [0.05, 0.1) is 11.3 Å². The smallest absolute Gasteiger partial charge is 0.354 e. The number of hydrogen-bond donors (Lipinski definition) is 3. The second-order valence-corrected chi connectivity index (χ2v) is 11.5. The normalized spacial score (nSPS) is 18.0. The average molecular weight is 449 g/mol. The van der Waals surface area contributed by atoms with Gasteiger partial charge in [-0.1, -0.05) is 6.92 Å². The molecule has 0 spiro atoms. The number of fused-ring (bicyclic) bond motifs is 1. The first kappa shape index (κ1) is 21.4. The highest BCUT2D eigenvalue weighted by molar-refractivity contribution is 7.93. The van der Waals surface area contributed by atoms with Crippen LogP contribution in [-0.2, 0) is 34.8 Å². The van der Waals surface area contributed by atoms with Crippen molar-refractivity contribution in [1.29, 1.82) is 0 Å². The molecule has 2 aliphatic rings. The highest BCUT2D eigenvalue weighted by Gasteiger charge is 2.33. The first-order chi connectivity index (χ1) is 14.1. The number of hydrogen-bond acceptors (Lipinski definition) is 5. The minimum atomic E-state index is -3.41. The maximum Gasteiger partial charge on any atom is 0.354 e. The Hall–Kier alpha value is -1.81. The number of aryl methyl sites for hydroxylation is 2. The van der Waals surface area contributed by atoms with Crippen molar-refractivity contribution in [3.8, 4) is 0 Å². The summed E-state index contributed by atoms with van der Waals surface area (Å²) >= 11 is 1.13. The monoisotopic (exact) mass is 448 g/mol. The summed E-state index contributed by atoms with van der Waals surface area (Å²) in [6.07, 6.45) is 5.80. The summed E-state index contributed by atoms with van der Waals surface area (Å²) < 4.78 is 17.1. The lowest BCUT2D eigenvalue weighted by Gasteiger charge is -2.18. The lowest BCUT2D eigenvalue weighted by Crippen LogP contribution is -2.19. The number of aromatic nitrogens is 1. The van der Waals surface area contributed by atoms with E-state index in [1.165, 1.54) is 0 Å². The number of rotatable bonds is 5. The molecule has 30 heavy (non-hydrogen) atoms. The Bertz CT molecular complexity index is 1120. The van der Waals surface area contributed by atoms with Crippen molar-refractivity contribution in [3.05, 3.63) is 39.5 Å². The van der Waals surface area contributed by atoms with Crippen molar-refractivity contribution in [2.75, 3.05) is 5.32 Å². The molecule has 2 amide bonds. The van der Waals surface area contributed by atoms with Gasteiger partial charge in [0.1, 0.15) is 4.21 Å². The first-order valence-electron chi connectivity index (χ1n) is 10.3. The second-order valence-electron chi connectivity index (χ2n) is 8.56. The largest absolute Gasteiger partial charge is 0.386 e. The molecule has 1 fully saturated rings. The Morgan fingerprint density at radius 1 is 1.43 bits per heavy atom. The summed E-state index contributed by atoms with van der Waals surface area (Å²) in [5, 5.41) is 20.7. The zero-order valence-electron chi connectivity index (χ0n) is 17.5. The molecular weight excluding hydrogens is 420 g/mol.